The lowest BCUT2D eigenvalue weighted by Crippen LogP contribution is -2.52. The summed E-state index contributed by atoms with van der Waals surface area (Å²) < 4.78 is 5.61. The van der Waals surface area contributed by atoms with E-state index in [1.807, 2.05) is 6.07 Å². The predicted octanol–water partition coefficient (Wildman–Crippen LogP) is 1.79. The molecule has 1 saturated carbocycles. The largest absolute Gasteiger partial charge is 0.487 e. The first-order valence-corrected chi connectivity index (χ1v) is 5.07. The van der Waals surface area contributed by atoms with Crippen molar-refractivity contribution in [2.45, 2.75) is 31.5 Å². The number of ether oxygens (including phenoxy) is 1. The third-order valence-electron chi connectivity index (χ3n) is 2.92. The fraction of sp³-hybridized carbons (Fsp3) is 0.417. The second-order valence-electron chi connectivity index (χ2n) is 4.16. The summed E-state index contributed by atoms with van der Waals surface area (Å²) in [5.41, 5.74) is -0.226. The second kappa shape index (κ2) is 3.66. The van der Waals surface area contributed by atoms with Gasteiger partial charge in [0.1, 0.15) is 11.9 Å². The molecule has 0 unspecified atom stereocenters. The fourth-order valence-corrected chi connectivity index (χ4v) is 1.70. The monoisotopic (exact) mass is 206 g/mol. The first-order chi connectivity index (χ1) is 7.13. The molecule has 1 aromatic carbocycles. The Balaban J connectivity index is 2.14. The number of aldehydes is 1. The Bertz CT molecular complexity index is 371. The van der Waals surface area contributed by atoms with Crippen LogP contribution in [-0.4, -0.2) is 23.1 Å². The van der Waals surface area contributed by atoms with Gasteiger partial charge in [0, 0.05) is 0 Å². The Morgan fingerprint density at radius 1 is 1.53 bits per heavy atom. The van der Waals surface area contributed by atoms with Crippen LogP contribution in [0.3, 0.4) is 0 Å². The average molecular weight is 206 g/mol. The maximum Gasteiger partial charge on any atom is 0.153 e. The highest BCUT2D eigenvalue weighted by atomic mass is 16.5. The highest BCUT2D eigenvalue weighted by Crippen LogP contribution is 2.35. The summed E-state index contributed by atoms with van der Waals surface area (Å²) in [6, 6.07) is 7.05. The molecule has 80 valence electrons. The molecular weight excluding hydrogens is 192 g/mol. The van der Waals surface area contributed by atoms with Crippen LogP contribution in [0, 0.1) is 0 Å². The van der Waals surface area contributed by atoms with Gasteiger partial charge in [-0.15, -0.1) is 0 Å². The van der Waals surface area contributed by atoms with Crippen molar-refractivity contribution in [3.8, 4) is 5.75 Å². The summed E-state index contributed by atoms with van der Waals surface area (Å²) in [4.78, 5) is 10.7. The van der Waals surface area contributed by atoms with Crippen LogP contribution in [0.25, 0.3) is 0 Å². The van der Waals surface area contributed by atoms with Crippen LogP contribution in [0.2, 0.25) is 0 Å². The van der Waals surface area contributed by atoms with E-state index in [2.05, 4.69) is 0 Å². The van der Waals surface area contributed by atoms with Gasteiger partial charge in [0.2, 0.25) is 0 Å². The normalized spacial score (nSPS) is 29.3. The highest BCUT2D eigenvalue weighted by Gasteiger charge is 2.43. The van der Waals surface area contributed by atoms with Gasteiger partial charge in [0.15, 0.2) is 6.29 Å². The van der Waals surface area contributed by atoms with Gasteiger partial charge >= 0.3 is 0 Å². The minimum Gasteiger partial charge on any atom is -0.487 e. The summed E-state index contributed by atoms with van der Waals surface area (Å²) in [6.45, 7) is 1.75. The molecule has 3 nitrogen and oxygen atoms in total. The third-order valence-corrected chi connectivity index (χ3v) is 2.92. The third kappa shape index (κ3) is 1.88. The number of hydrogen-bond acceptors (Lipinski definition) is 3. The molecule has 2 rings (SSSR count). The number of rotatable bonds is 3. The van der Waals surface area contributed by atoms with Crippen molar-refractivity contribution < 1.29 is 14.6 Å². The van der Waals surface area contributed by atoms with Crippen LogP contribution in [0.15, 0.2) is 24.3 Å². The number of carbonyl (C=O) groups is 1. The summed E-state index contributed by atoms with van der Waals surface area (Å²) in [5.74, 6) is 0.553. The Labute approximate surface area is 88.7 Å². The zero-order valence-corrected chi connectivity index (χ0v) is 8.64. The molecule has 0 bridgehead atoms. The van der Waals surface area contributed by atoms with Crippen LogP contribution in [0.5, 0.6) is 5.75 Å². The minimum absolute atomic E-state index is 0.196. The van der Waals surface area contributed by atoms with Crippen LogP contribution < -0.4 is 4.74 Å². The maximum atomic E-state index is 10.7. The molecule has 0 aliphatic heterocycles. The van der Waals surface area contributed by atoms with E-state index in [1.54, 1.807) is 25.1 Å². The maximum absolute atomic E-state index is 10.7. The molecule has 0 aromatic heterocycles. The lowest BCUT2D eigenvalue weighted by atomic mass is 9.78. The van der Waals surface area contributed by atoms with Crippen LogP contribution in [-0.2, 0) is 0 Å². The molecule has 3 heteroatoms. The van der Waals surface area contributed by atoms with Crippen molar-refractivity contribution in [3.05, 3.63) is 29.8 Å². The lowest BCUT2D eigenvalue weighted by Gasteiger charge is -2.42. The van der Waals surface area contributed by atoms with Gasteiger partial charge in [-0.1, -0.05) is 12.1 Å². The molecule has 1 aliphatic carbocycles. The number of benzene rings is 1. The molecule has 1 aliphatic rings. The van der Waals surface area contributed by atoms with Gasteiger partial charge < -0.3 is 9.84 Å². The summed E-state index contributed by atoms with van der Waals surface area (Å²) in [5, 5.41) is 9.78. The summed E-state index contributed by atoms with van der Waals surface area (Å²) in [6.07, 6.45) is 2.16. The average Bonchev–Trinajstić information content (AvgIpc) is 2.25. The van der Waals surface area contributed by atoms with Gasteiger partial charge in [-0.3, -0.25) is 4.79 Å². The molecule has 1 N–H and O–H groups in total. The summed E-state index contributed by atoms with van der Waals surface area (Å²) >= 11 is 0. The Morgan fingerprint density at radius 2 is 2.27 bits per heavy atom. The van der Waals surface area contributed by atoms with Crippen molar-refractivity contribution >= 4 is 6.29 Å². The highest BCUT2D eigenvalue weighted by molar-refractivity contribution is 5.79. The van der Waals surface area contributed by atoms with E-state index < -0.39 is 5.60 Å². The van der Waals surface area contributed by atoms with E-state index in [9.17, 15) is 9.90 Å². The van der Waals surface area contributed by atoms with Crippen molar-refractivity contribution in [1.29, 1.82) is 0 Å². The van der Waals surface area contributed by atoms with E-state index in [4.69, 9.17) is 4.74 Å². The molecule has 1 aromatic rings. The van der Waals surface area contributed by atoms with E-state index in [0.717, 1.165) is 19.1 Å². The minimum atomic E-state index is -0.754. The number of hydrogen-bond donors (Lipinski definition) is 1. The molecule has 2 atom stereocenters. The molecule has 15 heavy (non-hydrogen) atoms. The van der Waals surface area contributed by atoms with Crippen LogP contribution in [0.4, 0.5) is 0 Å². The first kappa shape index (κ1) is 10.2. The van der Waals surface area contributed by atoms with Gasteiger partial charge in [-0.05, 0) is 31.9 Å². The SMILES string of the molecule is C[C@]1(O)CC[C@@H]1Oc1ccccc1C=O. The molecule has 0 heterocycles. The molecule has 0 spiro atoms. The molecular formula is C12H14O3. The van der Waals surface area contributed by atoms with E-state index in [-0.39, 0.29) is 6.10 Å². The predicted molar refractivity (Wildman–Crippen MR) is 56.1 cm³/mol. The van der Waals surface area contributed by atoms with Crippen molar-refractivity contribution in [1.82, 2.24) is 0 Å². The Morgan fingerprint density at radius 3 is 2.80 bits per heavy atom. The molecule has 0 saturated heterocycles. The van der Waals surface area contributed by atoms with Crippen molar-refractivity contribution in [3.63, 3.8) is 0 Å². The zero-order chi connectivity index (χ0) is 10.9. The van der Waals surface area contributed by atoms with Crippen LogP contribution >= 0.6 is 0 Å². The van der Waals surface area contributed by atoms with E-state index in [1.165, 1.54) is 0 Å². The topological polar surface area (TPSA) is 46.5 Å². The van der Waals surface area contributed by atoms with Crippen molar-refractivity contribution in [2.75, 3.05) is 0 Å². The smallest absolute Gasteiger partial charge is 0.153 e. The first-order valence-electron chi connectivity index (χ1n) is 5.07. The number of para-hydroxylation sites is 1. The van der Waals surface area contributed by atoms with Gasteiger partial charge in [0.05, 0.1) is 11.2 Å². The lowest BCUT2D eigenvalue weighted by molar-refractivity contribution is -0.118. The molecule has 0 radical (unpaired) electrons. The Kier molecular flexibility index (Phi) is 2.49. The van der Waals surface area contributed by atoms with Crippen LogP contribution in [0.1, 0.15) is 30.1 Å². The summed E-state index contributed by atoms with van der Waals surface area (Å²) in [7, 11) is 0. The van der Waals surface area contributed by atoms with Crippen molar-refractivity contribution in [2.24, 2.45) is 0 Å². The van der Waals surface area contributed by atoms with Gasteiger partial charge in [-0.25, -0.2) is 0 Å². The van der Waals surface area contributed by atoms with E-state index >= 15 is 0 Å². The molecule has 1 fully saturated rings. The quantitative estimate of drug-likeness (QED) is 0.767. The molecule has 0 amide bonds. The number of carbonyl (C=O) groups excluding carboxylic acids is 1. The van der Waals surface area contributed by atoms with Gasteiger partial charge in [-0.2, -0.15) is 0 Å². The standard InChI is InChI=1S/C12H14O3/c1-12(14)7-6-11(12)15-10-5-3-2-4-9(10)8-13/h2-5,8,11,14H,6-7H2,1H3/t11-,12-/m0/s1. The van der Waals surface area contributed by atoms with Gasteiger partial charge in [0.25, 0.3) is 0 Å². The van der Waals surface area contributed by atoms with E-state index in [0.29, 0.717) is 11.3 Å². The fourth-order valence-electron chi connectivity index (χ4n) is 1.70. The zero-order valence-electron chi connectivity index (χ0n) is 8.64. The Hall–Kier alpha value is -1.35. The second-order valence-corrected chi connectivity index (χ2v) is 4.16. The number of aliphatic hydroxyl groups is 1.